The van der Waals surface area contributed by atoms with Crippen LogP contribution in [0.1, 0.15) is 5.82 Å². The van der Waals surface area contributed by atoms with Crippen LogP contribution in [-0.4, -0.2) is 10.1 Å². The average molecular weight is 172 g/mol. The maximum absolute atomic E-state index is 4.23. The minimum absolute atomic E-state index is 0. The molecule has 1 radical (unpaired) electrons. The summed E-state index contributed by atoms with van der Waals surface area (Å²) in [5, 5.41) is 3.38. The van der Waals surface area contributed by atoms with Crippen molar-refractivity contribution in [3.05, 3.63) is 12.2 Å². The van der Waals surface area contributed by atoms with E-state index in [1.54, 1.807) is 6.92 Å². The maximum atomic E-state index is 4.23. The van der Waals surface area contributed by atoms with Gasteiger partial charge in [0.2, 0.25) is 0 Å². The molecule has 0 atom stereocenters. The Morgan fingerprint density at radius 2 is 2.43 bits per heavy atom. The van der Waals surface area contributed by atoms with Crippen molar-refractivity contribution < 1.29 is 37.2 Å². The summed E-state index contributed by atoms with van der Waals surface area (Å²) < 4.78 is 4.23. The van der Waals surface area contributed by atoms with Crippen LogP contribution in [0.15, 0.2) is 4.52 Å². The van der Waals surface area contributed by atoms with Crippen molar-refractivity contribution >= 4 is 0 Å². The van der Waals surface area contributed by atoms with Gasteiger partial charge in [-0.1, -0.05) is 6.92 Å². The minimum atomic E-state index is 0. The first-order chi connectivity index (χ1) is 2.89. The molecule has 4 heteroatoms. The van der Waals surface area contributed by atoms with Gasteiger partial charge in [-0.3, -0.25) is 0 Å². The Morgan fingerprint density at radius 3 is 2.57 bits per heavy atom. The summed E-state index contributed by atoms with van der Waals surface area (Å²) in [5.74, 6) is 0.620. The van der Waals surface area contributed by atoms with Crippen molar-refractivity contribution in [3.63, 3.8) is 0 Å². The second-order valence-electron chi connectivity index (χ2n) is 0.933. The Balaban J connectivity index is 0.000000360. The fourth-order valence-corrected chi connectivity index (χ4v) is 0.193. The molecular weight excluding hydrogens is 169 g/mol. The molecule has 0 fully saturated rings. The molecule has 0 bridgehead atoms. The quantitative estimate of drug-likeness (QED) is 0.523. The van der Waals surface area contributed by atoms with E-state index in [2.05, 4.69) is 21.1 Å². The Morgan fingerprint density at radius 1 is 1.71 bits per heavy atom. The van der Waals surface area contributed by atoms with Gasteiger partial charge in [-0.2, -0.15) is 5.16 Å². The normalized spacial score (nSPS) is 7.57. The molecule has 0 N–H and O–H groups in total. The van der Waals surface area contributed by atoms with Crippen LogP contribution < -0.4 is 0 Å². The van der Waals surface area contributed by atoms with E-state index in [4.69, 9.17) is 0 Å². The molecule has 0 aliphatic carbocycles. The van der Waals surface area contributed by atoms with E-state index < -0.39 is 0 Å². The van der Waals surface area contributed by atoms with E-state index in [1.807, 2.05) is 0 Å². The summed E-state index contributed by atoms with van der Waals surface area (Å²) in [6.45, 7) is 1.74. The van der Waals surface area contributed by atoms with Gasteiger partial charge in [0, 0.05) is 38.5 Å². The van der Waals surface area contributed by atoms with Crippen LogP contribution in [0.4, 0.5) is 0 Å². The van der Waals surface area contributed by atoms with Crippen molar-refractivity contribution in [3.8, 4) is 0 Å². The van der Waals surface area contributed by atoms with E-state index in [1.165, 1.54) is 0 Å². The molecule has 0 spiro atoms. The number of rotatable bonds is 0. The van der Waals surface area contributed by atoms with Crippen molar-refractivity contribution in [1.29, 1.82) is 0 Å². The first kappa shape index (κ1) is 7.24. The standard InChI is InChI=1S/C3H3N2O.Y/c1-3-4-2-6-5-3;/h1H3;/q-1;. The van der Waals surface area contributed by atoms with Gasteiger partial charge in [0.1, 0.15) is 0 Å². The zero-order chi connectivity index (χ0) is 4.41. The Bertz CT molecular complexity index is 116. The van der Waals surface area contributed by atoms with Gasteiger partial charge in [-0.25, -0.2) is 0 Å². The van der Waals surface area contributed by atoms with Gasteiger partial charge >= 0.3 is 0 Å². The number of nitrogens with zero attached hydrogens (tertiary/aromatic N) is 2. The van der Waals surface area contributed by atoms with Gasteiger partial charge < -0.3 is 9.51 Å². The van der Waals surface area contributed by atoms with Crippen molar-refractivity contribution in [2.75, 3.05) is 0 Å². The van der Waals surface area contributed by atoms with Crippen LogP contribution >= 0.6 is 0 Å². The number of aryl methyl sites for hydroxylation is 1. The molecule has 0 aliphatic rings. The summed E-state index contributed by atoms with van der Waals surface area (Å²) in [6, 6.07) is 0. The minimum Gasteiger partial charge on any atom is -0.459 e. The first-order valence-electron chi connectivity index (χ1n) is 1.56. The van der Waals surface area contributed by atoms with Crippen LogP contribution in [0, 0.1) is 13.3 Å². The van der Waals surface area contributed by atoms with Gasteiger partial charge in [-0.15, -0.1) is 0 Å². The molecule has 0 saturated carbocycles. The molecule has 1 aromatic heterocycles. The second kappa shape index (κ2) is 3.27. The van der Waals surface area contributed by atoms with E-state index in [9.17, 15) is 0 Å². The van der Waals surface area contributed by atoms with Crippen LogP contribution in [-0.2, 0) is 32.7 Å². The van der Waals surface area contributed by atoms with Gasteiger partial charge in [0.05, 0.1) is 6.39 Å². The third-order valence-corrected chi connectivity index (χ3v) is 0.426. The molecule has 0 unspecified atom stereocenters. The predicted octanol–water partition coefficient (Wildman–Crippen LogP) is 0.176. The smallest absolute Gasteiger partial charge is 0.0687 e. The van der Waals surface area contributed by atoms with E-state index in [0.717, 1.165) is 0 Å². The third-order valence-electron chi connectivity index (χ3n) is 0.426. The first-order valence-corrected chi connectivity index (χ1v) is 1.56. The summed E-state index contributed by atoms with van der Waals surface area (Å²) in [5.41, 5.74) is 0. The van der Waals surface area contributed by atoms with Crippen molar-refractivity contribution in [2.24, 2.45) is 0 Å². The van der Waals surface area contributed by atoms with E-state index >= 15 is 0 Å². The van der Waals surface area contributed by atoms with Crippen LogP contribution in [0.2, 0.25) is 0 Å². The molecule has 3 nitrogen and oxygen atoms in total. The molecule has 0 aromatic carbocycles. The largest absolute Gasteiger partial charge is 0.459 e. The van der Waals surface area contributed by atoms with E-state index in [-0.39, 0.29) is 32.7 Å². The van der Waals surface area contributed by atoms with Crippen molar-refractivity contribution in [2.45, 2.75) is 6.92 Å². The SMILES string of the molecule is Cc1n[c-]on1.[Y]. The van der Waals surface area contributed by atoms with Gasteiger partial charge in [0.25, 0.3) is 0 Å². The van der Waals surface area contributed by atoms with Crippen molar-refractivity contribution in [1.82, 2.24) is 10.1 Å². The van der Waals surface area contributed by atoms with E-state index in [0.29, 0.717) is 5.82 Å². The summed E-state index contributed by atoms with van der Waals surface area (Å²) in [4.78, 5) is 3.51. The molecule has 7 heavy (non-hydrogen) atoms. The molecule has 0 saturated heterocycles. The van der Waals surface area contributed by atoms with Gasteiger partial charge in [0.15, 0.2) is 0 Å². The van der Waals surface area contributed by atoms with Crippen LogP contribution in [0.3, 0.4) is 0 Å². The predicted molar refractivity (Wildman–Crippen MR) is 17.9 cm³/mol. The number of aromatic nitrogens is 2. The summed E-state index contributed by atoms with van der Waals surface area (Å²) in [6.07, 6.45) is 2.19. The third kappa shape index (κ3) is 2.14. The molecule has 1 aromatic rings. The Kier molecular flexibility index (Phi) is 3.39. The molecule has 35 valence electrons. The zero-order valence-electron chi connectivity index (χ0n) is 3.88. The fraction of sp³-hybridized carbons (Fsp3) is 0.333. The topological polar surface area (TPSA) is 38.9 Å². The Hall–Kier alpha value is 0.244. The fourth-order valence-electron chi connectivity index (χ4n) is 0.193. The second-order valence-corrected chi connectivity index (χ2v) is 0.933. The van der Waals surface area contributed by atoms with Gasteiger partial charge in [-0.05, 0) is 0 Å². The average Bonchev–Trinajstić information content (AvgIpc) is 1.86. The van der Waals surface area contributed by atoms with Crippen LogP contribution in [0.25, 0.3) is 0 Å². The van der Waals surface area contributed by atoms with Crippen LogP contribution in [0.5, 0.6) is 0 Å². The molecular formula is C3H3N2OY-. The maximum Gasteiger partial charge on any atom is 0.0687 e. The zero-order valence-corrected chi connectivity index (χ0v) is 6.72. The summed E-state index contributed by atoms with van der Waals surface area (Å²) in [7, 11) is 0. The number of hydrogen-bond acceptors (Lipinski definition) is 3. The molecule has 0 aliphatic heterocycles. The molecule has 1 rings (SSSR count). The molecule has 1 heterocycles. The Labute approximate surface area is 66.4 Å². The molecule has 0 amide bonds. The monoisotopic (exact) mass is 172 g/mol. The summed E-state index contributed by atoms with van der Waals surface area (Å²) >= 11 is 0. The number of hydrogen-bond donors (Lipinski definition) is 0.